The molecule has 1 aliphatic heterocycles. The molecule has 3 rings (SSSR count). The molecule has 2 aromatic carbocycles. The summed E-state index contributed by atoms with van der Waals surface area (Å²) in [5.74, 6) is 0.217. The molecule has 1 aliphatic rings. The summed E-state index contributed by atoms with van der Waals surface area (Å²) in [6.07, 6.45) is 0.387. The smallest absolute Gasteiger partial charge is 0.261 e. The van der Waals surface area contributed by atoms with E-state index in [1.165, 1.54) is 4.90 Å². The Kier molecular flexibility index (Phi) is 7.23. The van der Waals surface area contributed by atoms with Gasteiger partial charge in [-0.2, -0.15) is 0 Å². The second kappa shape index (κ2) is 9.35. The third-order valence-corrected chi connectivity index (χ3v) is 8.03. The number of hydrogen-bond acceptors (Lipinski definition) is 4. The monoisotopic (exact) mass is 489 g/mol. The summed E-state index contributed by atoms with van der Waals surface area (Å²) in [7, 11) is -3.17. The molecular weight excluding hydrogens is 469 g/mol. The van der Waals surface area contributed by atoms with Crippen LogP contribution in [0, 0.1) is 13.8 Å². The third-order valence-electron chi connectivity index (χ3n) is 5.10. The van der Waals surface area contributed by atoms with Gasteiger partial charge in [0.25, 0.3) is 5.91 Å². The van der Waals surface area contributed by atoms with Crippen molar-refractivity contribution in [3.05, 3.63) is 62.1 Å². The van der Waals surface area contributed by atoms with Gasteiger partial charge in [-0.1, -0.05) is 40.9 Å². The van der Waals surface area contributed by atoms with Gasteiger partial charge in [0.1, 0.15) is 5.75 Å². The summed E-state index contributed by atoms with van der Waals surface area (Å²) >= 11 is 18.4. The first kappa shape index (κ1) is 23.2. The molecule has 1 heterocycles. The lowest BCUT2D eigenvalue weighted by Crippen LogP contribution is -2.43. The number of aryl methyl sites for hydroxylation is 2. The first-order valence-electron chi connectivity index (χ1n) is 9.39. The molecule has 0 aromatic heterocycles. The lowest BCUT2D eigenvalue weighted by molar-refractivity contribution is -0.136. The van der Waals surface area contributed by atoms with Crippen LogP contribution in [-0.4, -0.2) is 43.4 Å². The maximum absolute atomic E-state index is 13.0. The highest BCUT2D eigenvalue weighted by molar-refractivity contribution is 7.91. The Morgan fingerprint density at radius 1 is 1.13 bits per heavy atom. The van der Waals surface area contributed by atoms with Gasteiger partial charge in [-0.3, -0.25) is 4.79 Å². The fourth-order valence-electron chi connectivity index (χ4n) is 3.49. The van der Waals surface area contributed by atoms with Gasteiger partial charge in [-0.15, -0.1) is 0 Å². The molecule has 0 radical (unpaired) electrons. The summed E-state index contributed by atoms with van der Waals surface area (Å²) in [6.45, 7) is 3.68. The normalized spacial score (nSPS) is 17.7. The summed E-state index contributed by atoms with van der Waals surface area (Å²) in [5, 5.41) is 1.57. The molecule has 5 nitrogen and oxygen atoms in total. The van der Waals surface area contributed by atoms with E-state index in [1.807, 2.05) is 13.8 Å². The number of rotatable bonds is 6. The molecule has 0 N–H and O–H groups in total. The maximum atomic E-state index is 13.0. The minimum Gasteiger partial charge on any atom is -0.484 e. The van der Waals surface area contributed by atoms with Crippen LogP contribution in [0.2, 0.25) is 15.1 Å². The van der Waals surface area contributed by atoms with Crippen molar-refractivity contribution >= 4 is 50.5 Å². The molecule has 1 amide bonds. The first-order valence-corrected chi connectivity index (χ1v) is 12.3. The van der Waals surface area contributed by atoms with Crippen molar-refractivity contribution in [2.45, 2.75) is 32.9 Å². The second-order valence-corrected chi connectivity index (χ2v) is 10.9. The number of nitrogens with zero attached hydrogens (tertiary/aromatic N) is 1. The van der Waals surface area contributed by atoms with Gasteiger partial charge in [0, 0.05) is 27.7 Å². The molecule has 1 unspecified atom stereocenters. The van der Waals surface area contributed by atoms with Crippen molar-refractivity contribution in [1.29, 1.82) is 0 Å². The number of sulfone groups is 1. The number of halogens is 3. The zero-order chi connectivity index (χ0) is 22.1. The molecule has 1 atom stereocenters. The minimum absolute atomic E-state index is 0.0617. The van der Waals surface area contributed by atoms with Gasteiger partial charge in [0.15, 0.2) is 16.4 Å². The van der Waals surface area contributed by atoms with Gasteiger partial charge in [0.05, 0.1) is 11.5 Å². The zero-order valence-electron chi connectivity index (χ0n) is 16.6. The van der Waals surface area contributed by atoms with Crippen molar-refractivity contribution in [2.75, 3.05) is 18.1 Å². The summed E-state index contributed by atoms with van der Waals surface area (Å²) in [6, 6.07) is 8.13. The van der Waals surface area contributed by atoms with Crippen LogP contribution in [0.4, 0.5) is 0 Å². The topological polar surface area (TPSA) is 63.7 Å². The Morgan fingerprint density at radius 3 is 2.37 bits per heavy atom. The van der Waals surface area contributed by atoms with Gasteiger partial charge < -0.3 is 9.64 Å². The van der Waals surface area contributed by atoms with E-state index in [0.717, 1.165) is 11.1 Å². The van der Waals surface area contributed by atoms with E-state index in [9.17, 15) is 13.2 Å². The van der Waals surface area contributed by atoms with Crippen LogP contribution in [0.5, 0.6) is 5.75 Å². The summed E-state index contributed by atoms with van der Waals surface area (Å²) in [4.78, 5) is 14.6. The third kappa shape index (κ3) is 5.61. The lowest BCUT2D eigenvalue weighted by Gasteiger charge is -2.29. The first-order chi connectivity index (χ1) is 14.1. The van der Waals surface area contributed by atoms with Crippen molar-refractivity contribution < 1.29 is 17.9 Å². The number of carbonyl (C=O) groups excluding carboxylic acids is 1. The van der Waals surface area contributed by atoms with E-state index in [0.29, 0.717) is 32.8 Å². The van der Waals surface area contributed by atoms with Gasteiger partial charge in [-0.05, 0) is 61.2 Å². The van der Waals surface area contributed by atoms with E-state index in [1.54, 1.807) is 30.3 Å². The predicted octanol–water partition coefficient (Wildman–Crippen LogP) is 4.86. The number of carbonyl (C=O) groups is 1. The van der Waals surface area contributed by atoms with Crippen molar-refractivity contribution in [1.82, 2.24) is 4.90 Å². The summed E-state index contributed by atoms with van der Waals surface area (Å²) in [5.41, 5.74) is 2.40. The number of ether oxygens (including phenoxy) is 1. The van der Waals surface area contributed by atoms with E-state index in [4.69, 9.17) is 39.5 Å². The molecule has 9 heteroatoms. The fourth-order valence-corrected chi connectivity index (χ4v) is 5.80. The van der Waals surface area contributed by atoms with Crippen LogP contribution in [0.25, 0.3) is 0 Å². The van der Waals surface area contributed by atoms with E-state index in [-0.39, 0.29) is 30.6 Å². The van der Waals surface area contributed by atoms with Gasteiger partial charge in [0.2, 0.25) is 0 Å². The molecule has 0 spiro atoms. The van der Waals surface area contributed by atoms with Crippen LogP contribution < -0.4 is 4.74 Å². The lowest BCUT2D eigenvalue weighted by atomic mass is 10.1. The van der Waals surface area contributed by atoms with Crippen LogP contribution in [-0.2, 0) is 21.2 Å². The predicted molar refractivity (Wildman–Crippen MR) is 120 cm³/mol. The Bertz CT molecular complexity index is 1050. The standard InChI is InChI=1S/C21H22Cl3NO4S/c1-13-7-18(8-14(2)21(13)24)29-11-20(26)25(17-5-6-30(27,28)12-17)10-15-3-4-16(22)9-19(15)23/h3-4,7-9,17H,5-6,10-12H2,1-2H3. The Morgan fingerprint density at radius 2 is 1.80 bits per heavy atom. The second-order valence-electron chi connectivity index (χ2n) is 7.47. The molecule has 2 aromatic rings. The number of amides is 1. The van der Waals surface area contributed by atoms with Crippen LogP contribution >= 0.6 is 34.8 Å². The van der Waals surface area contributed by atoms with Gasteiger partial charge in [-0.25, -0.2) is 8.42 Å². The van der Waals surface area contributed by atoms with Gasteiger partial charge >= 0.3 is 0 Å². The molecule has 162 valence electrons. The fraction of sp³-hybridized carbons (Fsp3) is 0.381. The van der Waals surface area contributed by atoms with E-state index in [2.05, 4.69) is 0 Å². The molecular formula is C21H22Cl3NO4S. The quantitative estimate of drug-likeness (QED) is 0.580. The molecule has 0 bridgehead atoms. The highest BCUT2D eigenvalue weighted by Gasteiger charge is 2.35. The molecule has 1 saturated heterocycles. The van der Waals surface area contributed by atoms with Crippen molar-refractivity contribution in [3.8, 4) is 5.75 Å². The SMILES string of the molecule is Cc1cc(OCC(=O)N(Cc2ccc(Cl)cc2Cl)C2CCS(=O)(=O)C2)cc(C)c1Cl. The largest absolute Gasteiger partial charge is 0.484 e. The van der Waals surface area contributed by atoms with Crippen molar-refractivity contribution in [2.24, 2.45) is 0 Å². The molecule has 30 heavy (non-hydrogen) atoms. The number of benzene rings is 2. The van der Waals surface area contributed by atoms with Crippen LogP contribution in [0.1, 0.15) is 23.1 Å². The Hall–Kier alpha value is -1.47. The maximum Gasteiger partial charge on any atom is 0.261 e. The van der Waals surface area contributed by atoms with E-state index >= 15 is 0 Å². The molecule has 0 saturated carbocycles. The Balaban J connectivity index is 1.79. The van der Waals surface area contributed by atoms with Crippen LogP contribution in [0.3, 0.4) is 0 Å². The Labute approximate surface area is 191 Å². The minimum atomic E-state index is -3.17. The average molecular weight is 491 g/mol. The van der Waals surface area contributed by atoms with Crippen LogP contribution in [0.15, 0.2) is 30.3 Å². The summed E-state index contributed by atoms with van der Waals surface area (Å²) < 4.78 is 29.7. The number of hydrogen-bond donors (Lipinski definition) is 0. The molecule has 1 fully saturated rings. The van der Waals surface area contributed by atoms with Crippen molar-refractivity contribution in [3.63, 3.8) is 0 Å². The van der Waals surface area contributed by atoms with E-state index < -0.39 is 15.9 Å². The molecule has 0 aliphatic carbocycles. The average Bonchev–Trinajstić information content (AvgIpc) is 3.03. The highest BCUT2D eigenvalue weighted by atomic mass is 35.5. The zero-order valence-corrected chi connectivity index (χ0v) is 19.7. The highest BCUT2D eigenvalue weighted by Crippen LogP contribution is 2.28.